The predicted molar refractivity (Wildman–Crippen MR) is 138 cm³/mol. The predicted octanol–water partition coefficient (Wildman–Crippen LogP) is 4.52. The zero-order valence-electron chi connectivity index (χ0n) is 19.2. The molecule has 2 aromatic rings. The fourth-order valence-corrected chi connectivity index (χ4v) is 3.21. The summed E-state index contributed by atoms with van der Waals surface area (Å²) in [6.07, 6.45) is 3.13. The molecular formula is C24H37IN4O2. The maximum atomic E-state index is 10.6. The molecule has 7 heteroatoms. The number of aromatic nitrogens is 1. The van der Waals surface area contributed by atoms with Gasteiger partial charge in [-0.3, -0.25) is 9.98 Å². The summed E-state index contributed by atoms with van der Waals surface area (Å²) in [5, 5.41) is 17.1. The second kappa shape index (κ2) is 14.2. The number of pyridine rings is 1. The third-order valence-corrected chi connectivity index (χ3v) is 4.79. The third kappa shape index (κ3) is 9.43. The van der Waals surface area contributed by atoms with Gasteiger partial charge in [-0.05, 0) is 56.0 Å². The molecule has 1 aromatic carbocycles. The topological polar surface area (TPSA) is 78.8 Å². The Bertz CT molecular complexity index is 784. The Kier molecular flexibility index (Phi) is 12.5. The second-order valence-electron chi connectivity index (χ2n) is 7.99. The lowest BCUT2D eigenvalue weighted by Gasteiger charge is -2.21. The molecule has 1 heterocycles. The van der Waals surface area contributed by atoms with Crippen molar-refractivity contribution in [1.82, 2.24) is 15.6 Å². The average Bonchev–Trinajstić information content (AvgIpc) is 2.72. The molecule has 2 atom stereocenters. The highest BCUT2D eigenvalue weighted by molar-refractivity contribution is 14.0. The Morgan fingerprint density at radius 2 is 1.84 bits per heavy atom. The summed E-state index contributed by atoms with van der Waals surface area (Å²) in [7, 11) is 0. The van der Waals surface area contributed by atoms with Crippen LogP contribution in [0.1, 0.15) is 57.8 Å². The van der Waals surface area contributed by atoms with Crippen molar-refractivity contribution < 1.29 is 9.84 Å². The number of aliphatic hydroxyl groups is 1. The SMILES string of the molecule is CCNC(=NCC(c1cccnc1)C(C)C)NCC(O)c1cccc(OC(C)C)c1.I. The van der Waals surface area contributed by atoms with Crippen LogP contribution in [0.25, 0.3) is 0 Å². The molecule has 0 amide bonds. The number of rotatable bonds is 10. The van der Waals surface area contributed by atoms with Crippen LogP contribution in [0.2, 0.25) is 0 Å². The van der Waals surface area contributed by atoms with E-state index >= 15 is 0 Å². The van der Waals surface area contributed by atoms with E-state index in [1.54, 1.807) is 6.20 Å². The normalized spacial score (nSPS) is 13.5. The van der Waals surface area contributed by atoms with Gasteiger partial charge in [0, 0.05) is 37.9 Å². The van der Waals surface area contributed by atoms with E-state index in [1.165, 1.54) is 5.56 Å². The quantitative estimate of drug-likeness (QED) is 0.235. The monoisotopic (exact) mass is 540 g/mol. The van der Waals surface area contributed by atoms with Crippen LogP contribution in [0.5, 0.6) is 5.75 Å². The fraction of sp³-hybridized carbons (Fsp3) is 0.500. The summed E-state index contributed by atoms with van der Waals surface area (Å²) < 4.78 is 5.73. The Balaban J connectivity index is 0.00000480. The number of halogens is 1. The van der Waals surface area contributed by atoms with Gasteiger partial charge in [-0.2, -0.15) is 0 Å². The maximum absolute atomic E-state index is 10.6. The van der Waals surface area contributed by atoms with Gasteiger partial charge in [0.15, 0.2) is 5.96 Å². The van der Waals surface area contributed by atoms with E-state index in [-0.39, 0.29) is 36.0 Å². The number of ether oxygens (including phenoxy) is 1. The lowest BCUT2D eigenvalue weighted by molar-refractivity contribution is 0.179. The summed E-state index contributed by atoms with van der Waals surface area (Å²) >= 11 is 0. The summed E-state index contributed by atoms with van der Waals surface area (Å²) in [6.45, 7) is 12.1. The number of hydrogen-bond acceptors (Lipinski definition) is 4. The van der Waals surface area contributed by atoms with Gasteiger partial charge in [-0.1, -0.05) is 32.0 Å². The van der Waals surface area contributed by atoms with Gasteiger partial charge in [0.2, 0.25) is 0 Å². The number of nitrogens with zero attached hydrogens (tertiary/aromatic N) is 2. The van der Waals surface area contributed by atoms with E-state index < -0.39 is 6.10 Å². The zero-order chi connectivity index (χ0) is 21.9. The Hall–Kier alpha value is -1.87. The molecular weight excluding hydrogens is 503 g/mol. The highest BCUT2D eigenvalue weighted by Crippen LogP contribution is 2.24. The molecule has 172 valence electrons. The molecule has 0 fully saturated rings. The van der Waals surface area contributed by atoms with Crippen molar-refractivity contribution >= 4 is 29.9 Å². The van der Waals surface area contributed by atoms with Gasteiger partial charge in [-0.15, -0.1) is 24.0 Å². The molecule has 0 radical (unpaired) electrons. The molecule has 0 saturated carbocycles. The minimum absolute atomic E-state index is 0. The van der Waals surface area contributed by atoms with Crippen LogP contribution in [-0.2, 0) is 0 Å². The van der Waals surface area contributed by atoms with Crippen molar-refractivity contribution in [2.75, 3.05) is 19.6 Å². The minimum atomic E-state index is -0.663. The van der Waals surface area contributed by atoms with Gasteiger partial charge in [0.1, 0.15) is 5.75 Å². The number of nitrogens with one attached hydrogen (secondary N) is 2. The number of guanidine groups is 1. The Labute approximate surface area is 203 Å². The molecule has 0 aliphatic rings. The van der Waals surface area contributed by atoms with E-state index in [1.807, 2.05) is 57.3 Å². The largest absolute Gasteiger partial charge is 0.491 e. The van der Waals surface area contributed by atoms with Crippen LogP contribution in [0.4, 0.5) is 0 Å². The first-order valence-electron chi connectivity index (χ1n) is 10.8. The maximum Gasteiger partial charge on any atom is 0.191 e. The molecule has 0 bridgehead atoms. The van der Waals surface area contributed by atoms with Gasteiger partial charge >= 0.3 is 0 Å². The van der Waals surface area contributed by atoms with Crippen LogP contribution in [0.15, 0.2) is 53.8 Å². The van der Waals surface area contributed by atoms with Crippen molar-refractivity contribution in [1.29, 1.82) is 0 Å². The van der Waals surface area contributed by atoms with Gasteiger partial charge < -0.3 is 20.5 Å². The van der Waals surface area contributed by atoms with Crippen molar-refractivity contribution in [3.8, 4) is 5.75 Å². The first kappa shape index (κ1) is 27.2. The van der Waals surface area contributed by atoms with Crippen LogP contribution >= 0.6 is 24.0 Å². The highest BCUT2D eigenvalue weighted by Gasteiger charge is 2.16. The lowest BCUT2D eigenvalue weighted by Crippen LogP contribution is -2.39. The van der Waals surface area contributed by atoms with Gasteiger partial charge in [-0.25, -0.2) is 0 Å². The van der Waals surface area contributed by atoms with E-state index in [4.69, 9.17) is 9.73 Å². The molecule has 0 aliphatic heterocycles. The first-order chi connectivity index (χ1) is 14.4. The summed E-state index contributed by atoms with van der Waals surface area (Å²) in [5.74, 6) is 2.18. The lowest BCUT2D eigenvalue weighted by atomic mass is 9.89. The van der Waals surface area contributed by atoms with Crippen LogP contribution in [0, 0.1) is 5.92 Å². The molecule has 0 aliphatic carbocycles. The summed E-state index contributed by atoms with van der Waals surface area (Å²) in [5.41, 5.74) is 2.00. The van der Waals surface area contributed by atoms with Gasteiger partial charge in [0.25, 0.3) is 0 Å². The molecule has 0 saturated heterocycles. The molecule has 0 spiro atoms. The Morgan fingerprint density at radius 1 is 1.10 bits per heavy atom. The van der Waals surface area contributed by atoms with Crippen molar-refractivity contribution in [3.63, 3.8) is 0 Å². The number of hydrogen-bond donors (Lipinski definition) is 3. The number of benzene rings is 1. The average molecular weight is 540 g/mol. The van der Waals surface area contributed by atoms with Crippen LogP contribution in [0.3, 0.4) is 0 Å². The van der Waals surface area contributed by atoms with E-state index in [0.29, 0.717) is 25.0 Å². The van der Waals surface area contributed by atoms with Crippen molar-refractivity contribution in [3.05, 3.63) is 59.9 Å². The minimum Gasteiger partial charge on any atom is -0.491 e. The first-order valence-corrected chi connectivity index (χ1v) is 10.8. The number of aliphatic hydroxyl groups excluding tert-OH is 1. The molecule has 2 unspecified atom stereocenters. The summed E-state index contributed by atoms with van der Waals surface area (Å²) in [4.78, 5) is 9.01. The summed E-state index contributed by atoms with van der Waals surface area (Å²) in [6, 6.07) is 11.7. The molecule has 2 rings (SSSR count). The van der Waals surface area contributed by atoms with E-state index in [0.717, 1.165) is 17.9 Å². The zero-order valence-corrected chi connectivity index (χ0v) is 21.5. The molecule has 31 heavy (non-hydrogen) atoms. The van der Waals surface area contributed by atoms with Crippen LogP contribution < -0.4 is 15.4 Å². The fourth-order valence-electron chi connectivity index (χ4n) is 3.21. The third-order valence-electron chi connectivity index (χ3n) is 4.79. The molecule has 3 N–H and O–H groups in total. The molecule has 6 nitrogen and oxygen atoms in total. The van der Waals surface area contributed by atoms with E-state index in [2.05, 4.69) is 35.5 Å². The van der Waals surface area contributed by atoms with Crippen molar-refractivity contribution in [2.24, 2.45) is 10.9 Å². The highest BCUT2D eigenvalue weighted by atomic mass is 127. The van der Waals surface area contributed by atoms with Crippen molar-refractivity contribution in [2.45, 2.75) is 52.7 Å². The number of aliphatic imine (C=N–C) groups is 1. The smallest absolute Gasteiger partial charge is 0.191 e. The molecule has 1 aromatic heterocycles. The van der Waals surface area contributed by atoms with Crippen LogP contribution in [-0.4, -0.2) is 41.8 Å². The van der Waals surface area contributed by atoms with Gasteiger partial charge in [0.05, 0.1) is 12.2 Å². The standard InChI is InChI=1S/C24H36N4O2.HI/c1-6-26-24(27-15-22(17(2)3)20-10-8-12-25-14-20)28-16-23(29)19-9-7-11-21(13-19)30-18(4)5;/h7-14,17-18,22-23,29H,6,15-16H2,1-5H3,(H2,26,27,28);1H. The second-order valence-corrected chi connectivity index (χ2v) is 7.99. The van der Waals surface area contributed by atoms with E-state index in [9.17, 15) is 5.11 Å². The Morgan fingerprint density at radius 3 is 2.45 bits per heavy atom.